The highest BCUT2D eigenvalue weighted by molar-refractivity contribution is 7.99. The summed E-state index contributed by atoms with van der Waals surface area (Å²) in [5.41, 5.74) is 4.40. The molecule has 0 saturated carbocycles. The average molecular weight is 424 g/mol. The summed E-state index contributed by atoms with van der Waals surface area (Å²) in [6.07, 6.45) is 3.84. The summed E-state index contributed by atoms with van der Waals surface area (Å²) in [6, 6.07) is 28.9. The highest BCUT2D eigenvalue weighted by Gasteiger charge is 2.17. The van der Waals surface area contributed by atoms with Gasteiger partial charge in [0.1, 0.15) is 22.7 Å². The number of nitrogens with zero attached hydrogens (tertiary/aromatic N) is 3. The molecular formula is C26H21N3OS. The molecule has 0 N–H and O–H groups in total. The summed E-state index contributed by atoms with van der Waals surface area (Å²) in [7, 11) is 1.68. The first-order valence-electron chi connectivity index (χ1n) is 10.1. The second-order valence-corrected chi connectivity index (χ2v) is 8.24. The van der Waals surface area contributed by atoms with Gasteiger partial charge in [-0.05, 0) is 35.4 Å². The highest BCUT2D eigenvalue weighted by Crippen LogP contribution is 2.38. The minimum absolute atomic E-state index is 0.750. The standard InChI is InChI=1S/C26H21N3OS/c1-30-21-14-12-20(13-15-21)23-17-29(16-19-8-4-2-5-9-19)25-24(23)26(28-18-27-25)31-22-10-6-3-7-11-22/h2-15,17-18H,16H2,1H3. The van der Waals surface area contributed by atoms with Gasteiger partial charge in [0, 0.05) is 23.2 Å². The fourth-order valence-corrected chi connectivity index (χ4v) is 4.58. The fraction of sp³-hybridized carbons (Fsp3) is 0.0769. The summed E-state index contributed by atoms with van der Waals surface area (Å²) in [5, 5.41) is 2.02. The maximum absolute atomic E-state index is 5.35. The third kappa shape index (κ3) is 4.05. The molecule has 0 saturated heterocycles. The highest BCUT2D eigenvalue weighted by atomic mass is 32.2. The monoisotopic (exact) mass is 423 g/mol. The van der Waals surface area contributed by atoms with E-state index in [1.165, 1.54) is 5.56 Å². The molecule has 3 aromatic carbocycles. The number of hydrogen-bond acceptors (Lipinski definition) is 4. The minimum atomic E-state index is 0.750. The molecule has 5 heteroatoms. The van der Waals surface area contributed by atoms with Crippen LogP contribution in [0, 0.1) is 0 Å². The predicted octanol–water partition coefficient (Wildman–Crippen LogP) is 6.31. The lowest BCUT2D eigenvalue weighted by Gasteiger charge is -2.07. The van der Waals surface area contributed by atoms with Crippen molar-refractivity contribution in [3.8, 4) is 16.9 Å². The quantitative estimate of drug-likeness (QED) is 0.300. The summed E-state index contributed by atoms with van der Waals surface area (Å²) < 4.78 is 7.55. The molecule has 2 aromatic heterocycles. The summed E-state index contributed by atoms with van der Waals surface area (Å²) in [4.78, 5) is 10.5. The van der Waals surface area contributed by atoms with Crippen molar-refractivity contribution in [3.63, 3.8) is 0 Å². The number of aromatic nitrogens is 3. The molecule has 0 fully saturated rings. The average Bonchev–Trinajstić information content (AvgIpc) is 3.20. The van der Waals surface area contributed by atoms with Crippen LogP contribution in [0.3, 0.4) is 0 Å². The molecule has 0 unspecified atom stereocenters. The van der Waals surface area contributed by atoms with E-state index in [9.17, 15) is 0 Å². The molecule has 0 spiro atoms. The lowest BCUT2D eigenvalue weighted by Crippen LogP contribution is -1.99. The van der Waals surface area contributed by atoms with Crippen LogP contribution in [0.2, 0.25) is 0 Å². The maximum atomic E-state index is 5.35. The molecule has 0 aliphatic carbocycles. The van der Waals surface area contributed by atoms with Crippen molar-refractivity contribution in [2.75, 3.05) is 7.11 Å². The SMILES string of the molecule is COc1ccc(-c2cn(Cc3ccccc3)c3ncnc(Sc4ccccc4)c23)cc1. The first kappa shape index (κ1) is 19.4. The second-order valence-electron chi connectivity index (χ2n) is 7.18. The first-order chi connectivity index (χ1) is 15.3. The molecule has 0 aliphatic rings. The molecule has 31 heavy (non-hydrogen) atoms. The van der Waals surface area contributed by atoms with Crippen LogP contribution in [0.15, 0.2) is 107 Å². The largest absolute Gasteiger partial charge is 0.497 e. The van der Waals surface area contributed by atoms with Crippen LogP contribution >= 0.6 is 11.8 Å². The van der Waals surface area contributed by atoms with E-state index in [2.05, 4.69) is 69.3 Å². The molecule has 152 valence electrons. The van der Waals surface area contributed by atoms with E-state index >= 15 is 0 Å². The van der Waals surface area contributed by atoms with E-state index in [1.807, 2.05) is 36.4 Å². The van der Waals surface area contributed by atoms with Gasteiger partial charge >= 0.3 is 0 Å². The van der Waals surface area contributed by atoms with E-state index in [0.29, 0.717) is 0 Å². The van der Waals surface area contributed by atoms with Gasteiger partial charge < -0.3 is 9.30 Å². The topological polar surface area (TPSA) is 39.9 Å². The predicted molar refractivity (Wildman–Crippen MR) is 126 cm³/mol. The normalized spacial score (nSPS) is 11.0. The molecule has 0 atom stereocenters. The lowest BCUT2D eigenvalue weighted by molar-refractivity contribution is 0.415. The van der Waals surface area contributed by atoms with Gasteiger partial charge in [0.05, 0.1) is 12.5 Å². The Morgan fingerprint density at radius 1 is 0.839 bits per heavy atom. The van der Waals surface area contributed by atoms with Gasteiger partial charge in [0.2, 0.25) is 0 Å². The van der Waals surface area contributed by atoms with Crippen molar-refractivity contribution in [3.05, 3.63) is 103 Å². The van der Waals surface area contributed by atoms with Crippen LogP contribution in [-0.4, -0.2) is 21.6 Å². The Bertz CT molecular complexity index is 1300. The number of fused-ring (bicyclic) bond motifs is 1. The van der Waals surface area contributed by atoms with Crippen molar-refractivity contribution < 1.29 is 4.74 Å². The van der Waals surface area contributed by atoms with E-state index in [-0.39, 0.29) is 0 Å². The zero-order chi connectivity index (χ0) is 21.0. The number of hydrogen-bond donors (Lipinski definition) is 0. The molecular weight excluding hydrogens is 402 g/mol. The van der Waals surface area contributed by atoms with Crippen molar-refractivity contribution in [2.24, 2.45) is 0 Å². The number of rotatable bonds is 6. The summed E-state index contributed by atoms with van der Waals surface area (Å²) >= 11 is 1.66. The maximum Gasteiger partial charge on any atom is 0.145 e. The van der Waals surface area contributed by atoms with Crippen LogP contribution < -0.4 is 4.74 Å². The fourth-order valence-electron chi connectivity index (χ4n) is 3.66. The smallest absolute Gasteiger partial charge is 0.145 e. The number of benzene rings is 3. The molecule has 5 aromatic rings. The number of methoxy groups -OCH3 is 1. The molecule has 0 bridgehead atoms. The lowest BCUT2D eigenvalue weighted by atomic mass is 10.1. The van der Waals surface area contributed by atoms with Crippen molar-refractivity contribution >= 4 is 22.8 Å². The van der Waals surface area contributed by atoms with E-state index in [4.69, 9.17) is 4.74 Å². The van der Waals surface area contributed by atoms with E-state index in [1.54, 1.807) is 25.2 Å². The Hall–Kier alpha value is -3.57. The Balaban J connectivity index is 1.67. The van der Waals surface area contributed by atoms with Gasteiger partial charge in [0.15, 0.2) is 0 Å². The first-order valence-corrected chi connectivity index (χ1v) is 10.9. The van der Waals surface area contributed by atoms with E-state index < -0.39 is 0 Å². The Morgan fingerprint density at radius 2 is 1.55 bits per heavy atom. The van der Waals surface area contributed by atoms with Crippen LogP contribution in [-0.2, 0) is 6.54 Å². The van der Waals surface area contributed by atoms with Gasteiger partial charge in [-0.15, -0.1) is 0 Å². The number of ether oxygens (including phenoxy) is 1. The molecule has 4 nitrogen and oxygen atoms in total. The van der Waals surface area contributed by atoms with Gasteiger partial charge in [-0.3, -0.25) is 0 Å². The zero-order valence-corrected chi connectivity index (χ0v) is 17.9. The van der Waals surface area contributed by atoms with Gasteiger partial charge in [0.25, 0.3) is 0 Å². The van der Waals surface area contributed by atoms with Crippen LogP contribution in [0.25, 0.3) is 22.2 Å². The molecule has 5 rings (SSSR count). The van der Waals surface area contributed by atoms with Crippen LogP contribution in [0.1, 0.15) is 5.56 Å². The Labute approximate surface area is 185 Å². The minimum Gasteiger partial charge on any atom is -0.497 e. The Kier molecular flexibility index (Phi) is 5.42. The van der Waals surface area contributed by atoms with Crippen molar-refractivity contribution in [2.45, 2.75) is 16.5 Å². The van der Waals surface area contributed by atoms with E-state index in [0.717, 1.165) is 44.4 Å². The third-order valence-corrected chi connectivity index (χ3v) is 6.18. The molecule has 2 heterocycles. The zero-order valence-electron chi connectivity index (χ0n) is 17.1. The van der Waals surface area contributed by atoms with Crippen molar-refractivity contribution in [1.82, 2.24) is 14.5 Å². The molecule has 0 aliphatic heterocycles. The van der Waals surface area contributed by atoms with Crippen LogP contribution in [0.4, 0.5) is 0 Å². The van der Waals surface area contributed by atoms with Crippen LogP contribution in [0.5, 0.6) is 5.75 Å². The van der Waals surface area contributed by atoms with Gasteiger partial charge in [-0.2, -0.15) is 0 Å². The summed E-state index contributed by atoms with van der Waals surface area (Å²) in [6.45, 7) is 0.750. The Morgan fingerprint density at radius 3 is 2.26 bits per heavy atom. The van der Waals surface area contributed by atoms with Gasteiger partial charge in [-0.25, -0.2) is 9.97 Å². The molecule has 0 amide bonds. The third-order valence-electron chi connectivity index (χ3n) is 5.17. The molecule has 0 radical (unpaired) electrons. The summed E-state index contributed by atoms with van der Waals surface area (Å²) in [5.74, 6) is 0.840. The second kappa shape index (κ2) is 8.66. The van der Waals surface area contributed by atoms with Crippen molar-refractivity contribution in [1.29, 1.82) is 0 Å². The van der Waals surface area contributed by atoms with Gasteiger partial charge in [-0.1, -0.05) is 72.4 Å².